The number of nitrogens with one attached hydrogen (secondary N) is 4. The summed E-state index contributed by atoms with van der Waals surface area (Å²) in [5.74, 6) is -0.339. The van der Waals surface area contributed by atoms with Crippen molar-refractivity contribution in [2.75, 3.05) is 18.4 Å². The van der Waals surface area contributed by atoms with Crippen LogP contribution in [0.1, 0.15) is 71.6 Å². The van der Waals surface area contributed by atoms with Crippen LogP contribution in [0.25, 0.3) is 21.7 Å². The number of imidazole rings is 1. The molecule has 53 heavy (non-hydrogen) atoms. The number of likely N-dealkylation sites (tertiary alicyclic amines) is 1. The minimum atomic E-state index is -1.41. The number of amides is 4. The number of nitrogens with zero attached hydrogens (tertiary/aromatic N) is 3. The average molecular weight is 720 g/mol. The van der Waals surface area contributed by atoms with Crippen molar-refractivity contribution in [1.82, 2.24) is 30.1 Å². The van der Waals surface area contributed by atoms with Crippen LogP contribution in [0.15, 0.2) is 85.5 Å². The van der Waals surface area contributed by atoms with Crippen molar-refractivity contribution in [3.05, 3.63) is 96.6 Å². The summed E-state index contributed by atoms with van der Waals surface area (Å²) in [5.41, 5.74) is 0.352. The highest BCUT2D eigenvalue weighted by Crippen LogP contribution is 2.29. The van der Waals surface area contributed by atoms with Gasteiger partial charge in [-0.15, -0.1) is 0 Å². The Morgan fingerprint density at radius 1 is 0.943 bits per heavy atom. The smallest absolute Gasteiger partial charge is 0.408 e. The summed E-state index contributed by atoms with van der Waals surface area (Å²) in [6.45, 7) is 11.8. The molecular formula is C41H49N7O5. The number of carbonyl (C=O) groups is 4. The lowest BCUT2D eigenvalue weighted by Gasteiger charge is -2.33. The maximum atomic E-state index is 14.2. The Morgan fingerprint density at radius 2 is 1.64 bits per heavy atom. The molecule has 5 aromatic rings. The summed E-state index contributed by atoms with van der Waals surface area (Å²) in [4.78, 5) is 64.2. The lowest BCUT2D eigenvalue weighted by Crippen LogP contribution is -2.59. The fourth-order valence-corrected chi connectivity index (χ4v) is 6.66. The third-order valence-electron chi connectivity index (χ3n) is 9.67. The fourth-order valence-electron chi connectivity index (χ4n) is 6.66. The van der Waals surface area contributed by atoms with Crippen molar-refractivity contribution in [2.24, 2.45) is 5.92 Å². The van der Waals surface area contributed by atoms with E-state index in [1.807, 2.05) is 77.8 Å². The van der Waals surface area contributed by atoms with Gasteiger partial charge in [0.05, 0.1) is 6.33 Å². The second kappa shape index (κ2) is 15.1. The Hall–Kier alpha value is -5.65. The van der Waals surface area contributed by atoms with Crippen LogP contribution < -0.4 is 16.0 Å². The van der Waals surface area contributed by atoms with Gasteiger partial charge in [-0.2, -0.15) is 0 Å². The molecule has 3 aromatic carbocycles. The van der Waals surface area contributed by atoms with Gasteiger partial charge in [-0.05, 0) is 87.4 Å². The highest BCUT2D eigenvalue weighted by molar-refractivity contribution is 5.99. The third kappa shape index (κ3) is 8.88. The number of anilines is 1. The van der Waals surface area contributed by atoms with Crippen LogP contribution in [-0.4, -0.2) is 73.5 Å². The maximum absolute atomic E-state index is 14.2. The molecule has 0 bridgehead atoms. The van der Waals surface area contributed by atoms with E-state index >= 15 is 0 Å². The van der Waals surface area contributed by atoms with Gasteiger partial charge in [-0.3, -0.25) is 14.4 Å². The number of hydrogen-bond acceptors (Lipinski definition) is 6. The SMILES string of the molecule is CC1CCN(C(=O)[C@@H](c2ccc3ccccc3c2)n2cnc(NC(=O)[C@@H](Cc3c[nH]c4ccccc34)NC(=O)C(C)(C)NC(=O)OC(C)(C)C)c2)CC1. The molecule has 6 rings (SSSR count). The van der Waals surface area contributed by atoms with Crippen molar-refractivity contribution in [2.45, 2.75) is 84.0 Å². The van der Waals surface area contributed by atoms with E-state index in [0.29, 0.717) is 19.0 Å². The molecule has 0 unspecified atom stereocenters. The summed E-state index contributed by atoms with van der Waals surface area (Å²) in [7, 11) is 0. The third-order valence-corrected chi connectivity index (χ3v) is 9.67. The molecule has 1 fully saturated rings. The molecule has 1 aliphatic rings. The summed E-state index contributed by atoms with van der Waals surface area (Å²) < 4.78 is 7.11. The predicted molar refractivity (Wildman–Crippen MR) is 205 cm³/mol. The van der Waals surface area contributed by atoms with Crippen molar-refractivity contribution in [3.63, 3.8) is 0 Å². The molecule has 0 radical (unpaired) electrons. The standard InChI is InChI=1S/C41H49N7O5/c1-26-17-19-47(20-18-26)37(50)35(29-16-15-27-11-7-8-12-28(27)21-29)48-24-34(43-25-48)45-36(49)33(22-30-23-42-32-14-10-9-13-31(30)32)44-38(51)41(5,6)46-39(52)53-40(2,3)4/h7-16,21,23-26,33,35,42H,17-20,22H2,1-6H3,(H,44,51)(H,45,49)(H,46,52)/t33-,35-/m1/s1. The molecule has 3 heterocycles. The van der Waals surface area contributed by atoms with Crippen LogP contribution in [0, 0.1) is 5.92 Å². The van der Waals surface area contributed by atoms with E-state index in [1.54, 1.807) is 51.7 Å². The fraction of sp³-hybridized carbons (Fsp3) is 0.390. The summed E-state index contributed by atoms with van der Waals surface area (Å²) in [6, 6.07) is 20.0. The molecule has 4 N–H and O–H groups in total. The van der Waals surface area contributed by atoms with Crippen molar-refractivity contribution in [3.8, 4) is 0 Å². The van der Waals surface area contributed by atoms with Gasteiger partial charge in [0, 0.05) is 42.8 Å². The summed E-state index contributed by atoms with van der Waals surface area (Å²) >= 11 is 0. The zero-order chi connectivity index (χ0) is 37.9. The molecule has 2 aromatic heterocycles. The number of carbonyl (C=O) groups excluding carboxylic acids is 4. The van der Waals surface area contributed by atoms with E-state index in [0.717, 1.165) is 45.6 Å². The van der Waals surface area contributed by atoms with E-state index in [-0.39, 0.29) is 18.1 Å². The first-order valence-electron chi connectivity index (χ1n) is 18.2. The topological polar surface area (TPSA) is 150 Å². The first-order valence-corrected chi connectivity index (χ1v) is 18.2. The van der Waals surface area contributed by atoms with Crippen LogP contribution in [0.2, 0.25) is 0 Å². The Morgan fingerprint density at radius 3 is 2.38 bits per heavy atom. The molecule has 12 heteroatoms. The van der Waals surface area contributed by atoms with E-state index in [4.69, 9.17) is 4.74 Å². The number of hydrogen-bond donors (Lipinski definition) is 4. The van der Waals surface area contributed by atoms with Gasteiger partial charge in [-0.1, -0.05) is 61.5 Å². The highest BCUT2D eigenvalue weighted by Gasteiger charge is 2.35. The van der Waals surface area contributed by atoms with Crippen LogP contribution in [0.5, 0.6) is 0 Å². The lowest BCUT2D eigenvalue weighted by atomic mass is 9.96. The summed E-state index contributed by atoms with van der Waals surface area (Å²) in [5, 5.41) is 11.4. The van der Waals surface area contributed by atoms with E-state index in [2.05, 4.69) is 32.8 Å². The number of ether oxygens (including phenoxy) is 1. The highest BCUT2D eigenvalue weighted by atomic mass is 16.6. The molecule has 278 valence electrons. The zero-order valence-electron chi connectivity index (χ0n) is 31.2. The second-order valence-corrected chi connectivity index (χ2v) is 15.6. The van der Waals surface area contributed by atoms with Gasteiger partial charge in [0.25, 0.3) is 0 Å². The largest absolute Gasteiger partial charge is 0.444 e. The van der Waals surface area contributed by atoms with Crippen molar-refractivity contribution >= 4 is 51.3 Å². The number of fused-ring (bicyclic) bond motifs is 2. The molecule has 0 aliphatic carbocycles. The number of aromatic amines is 1. The van der Waals surface area contributed by atoms with Crippen LogP contribution in [0.4, 0.5) is 10.6 Å². The minimum absolute atomic E-state index is 0.0355. The monoisotopic (exact) mass is 719 g/mol. The van der Waals surface area contributed by atoms with Crippen LogP contribution >= 0.6 is 0 Å². The maximum Gasteiger partial charge on any atom is 0.408 e. The van der Waals surface area contributed by atoms with Gasteiger partial charge >= 0.3 is 6.09 Å². The Bertz CT molecular complexity index is 2120. The zero-order valence-corrected chi connectivity index (χ0v) is 31.2. The molecule has 4 amide bonds. The first kappa shape index (κ1) is 37.1. The molecule has 0 spiro atoms. The van der Waals surface area contributed by atoms with E-state index in [9.17, 15) is 19.2 Å². The molecular weight excluding hydrogens is 670 g/mol. The first-order chi connectivity index (χ1) is 25.2. The van der Waals surface area contributed by atoms with Gasteiger partial charge in [-0.25, -0.2) is 9.78 Å². The number of piperidine rings is 1. The normalized spacial score (nSPS) is 15.2. The van der Waals surface area contributed by atoms with Crippen LogP contribution in [-0.2, 0) is 25.5 Å². The summed E-state index contributed by atoms with van der Waals surface area (Å²) in [6.07, 6.45) is 6.30. The number of rotatable bonds is 10. The van der Waals surface area contributed by atoms with E-state index < -0.39 is 41.1 Å². The second-order valence-electron chi connectivity index (χ2n) is 15.6. The van der Waals surface area contributed by atoms with Crippen molar-refractivity contribution in [1.29, 1.82) is 0 Å². The van der Waals surface area contributed by atoms with Crippen molar-refractivity contribution < 1.29 is 23.9 Å². The number of aromatic nitrogens is 3. The van der Waals surface area contributed by atoms with Gasteiger partial charge in [0.15, 0.2) is 5.82 Å². The minimum Gasteiger partial charge on any atom is -0.444 e. The Balaban J connectivity index is 1.26. The van der Waals surface area contributed by atoms with E-state index in [1.165, 1.54) is 0 Å². The van der Waals surface area contributed by atoms with Crippen LogP contribution in [0.3, 0.4) is 0 Å². The molecule has 12 nitrogen and oxygen atoms in total. The Labute approximate surface area is 309 Å². The Kier molecular flexibility index (Phi) is 10.6. The number of H-pyrrole nitrogens is 1. The van der Waals surface area contributed by atoms with Gasteiger partial charge in [0.2, 0.25) is 17.7 Å². The predicted octanol–water partition coefficient (Wildman–Crippen LogP) is 6.33. The molecule has 0 saturated carbocycles. The number of benzene rings is 3. The average Bonchev–Trinajstić information content (AvgIpc) is 3.74. The number of para-hydroxylation sites is 1. The molecule has 1 saturated heterocycles. The quantitative estimate of drug-likeness (QED) is 0.132. The number of alkyl carbamates (subject to hydrolysis) is 1. The molecule has 2 atom stereocenters. The lowest BCUT2D eigenvalue weighted by molar-refractivity contribution is -0.135. The molecule has 1 aliphatic heterocycles. The van der Waals surface area contributed by atoms with Gasteiger partial charge in [0.1, 0.15) is 23.2 Å². The van der Waals surface area contributed by atoms with Gasteiger partial charge < -0.3 is 35.1 Å².